The van der Waals surface area contributed by atoms with Crippen LogP contribution in [0.15, 0.2) is 29.2 Å². The van der Waals surface area contributed by atoms with E-state index in [-0.39, 0.29) is 17.7 Å². The number of thioether (sulfide) groups is 1. The van der Waals surface area contributed by atoms with Crippen molar-refractivity contribution in [3.8, 4) is 0 Å². The summed E-state index contributed by atoms with van der Waals surface area (Å²) in [5, 5.41) is 3.46. The van der Waals surface area contributed by atoms with Crippen LogP contribution in [-0.2, 0) is 9.59 Å². The summed E-state index contributed by atoms with van der Waals surface area (Å²) in [7, 11) is 0. The lowest BCUT2D eigenvalue weighted by Gasteiger charge is -2.39. The van der Waals surface area contributed by atoms with E-state index in [1.807, 2.05) is 35.4 Å². The van der Waals surface area contributed by atoms with E-state index in [1.165, 1.54) is 6.42 Å². The van der Waals surface area contributed by atoms with Gasteiger partial charge in [-0.2, -0.15) is 0 Å². The second-order valence-corrected chi connectivity index (χ2v) is 8.74. The minimum absolute atomic E-state index is 0.0649. The first-order valence-corrected chi connectivity index (χ1v) is 10.8. The van der Waals surface area contributed by atoms with Gasteiger partial charge in [0.05, 0.1) is 5.92 Å². The second-order valence-electron chi connectivity index (χ2n) is 7.86. The van der Waals surface area contributed by atoms with Crippen molar-refractivity contribution in [3.63, 3.8) is 0 Å². The van der Waals surface area contributed by atoms with Crippen LogP contribution in [0.1, 0.15) is 25.7 Å². The molecule has 3 heterocycles. The van der Waals surface area contributed by atoms with E-state index < -0.39 is 0 Å². The minimum Gasteiger partial charge on any atom is -0.342 e. The number of carbonyl (C=O) groups excluding carboxylic acids is 2. The molecule has 0 saturated carbocycles. The fourth-order valence-corrected chi connectivity index (χ4v) is 5.04. The fourth-order valence-electron chi connectivity index (χ4n) is 4.58. The van der Waals surface area contributed by atoms with Gasteiger partial charge >= 0.3 is 0 Å². The van der Waals surface area contributed by atoms with Crippen LogP contribution in [0.4, 0.5) is 5.69 Å². The molecule has 0 aliphatic carbocycles. The van der Waals surface area contributed by atoms with Gasteiger partial charge in [-0.05, 0) is 55.7 Å². The van der Waals surface area contributed by atoms with Gasteiger partial charge < -0.3 is 15.1 Å². The Bertz CT molecular complexity index is 692. The normalized spacial score (nSPS) is 25.3. The summed E-state index contributed by atoms with van der Waals surface area (Å²) in [6, 6.07) is 8.01. The average Bonchev–Trinajstić information content (AvgIpc) is 3.29. The molecule has 1 aromatic carbocycles. The average molecular weight is 374 g/mol. The number of hydrogen-bond acceptors (Lipinski definition) is 4. The van der Waals surface area contributed by atoms with Gasteiger partial charge in [-0.1, -0.05) is 6.07 Å². The number of nitrogens with zero attached hydrogens (tertiary/aromatic N) is 2. The van der Waals surface area contributed by atoms with Crippen LogP contribution in [-0.4, -0.2) is 55.7 Å². The highest BCUT2D eigenvalue weighted by Gasteiger charge is 2.42. The van der Waals surface area contributed by atoms with Crippen molar-refractivity contribution in [2.75, 3.05) is 43.9 Å². The summed E-state index contributed by atoms with van der Waals surface area (Å²) in [5.41, 5.74) is 1.32. The summed E-state index contributed by atoms with van der Waals surface area (Å²) in [5.74, 6) is 0.0361. The van der Waals surface area contributed by atoms with Gasteiger partial charge in [-0.15, -0.1) is 11.8 Å². The molecule has 1 unspecified atom stereocenters. The van der Waals surface area contributed by atoms with Crippen molar-refractivity contribution >= 4 is 29.3 Å². The lowest BCUT2D eigenvalue weighted by Crippen LogP contribution is -2.46. The molecule has 3 saturated heterocycles. The van der Waals surface area contributed by atoms with E-state index in [1.54, 1.807) is 16.7 Å². The third kappa shape index (κ3) is 3.37. The van der Waals surface area contributed by atoms with Crippen LogP contribution in [0.3, 0.4) is 0 Å². The molecule has 0 bridgehead atoms. The standard InChI is InChI=1S/C20H27N3O2S/c1-26-17-4-2-3-16(12-17)23-13-15(11-18(23)24)19(25)22-9-6-20(7-10-22)5-8-21-14-20/h2-4,12,15,21H,5-11,13-14H2,1H3. The molecule has 3 fully saturated rings. The molecule has 0 radical (unpaired) electrons. The first kappa shape index (κ1) is 17.9. The summed E-state index contributed by atoms with van der Waals surface area (Å²) in [4.78, 5) is 30.4. The van der Waals surface area contributed by atoms with Gasteiger partial charge in [0, 0.05) is 43.2 Å². The second kappa shape index (κ2) is 7.24. The zero-order chi connectivity index (χ0) is 18.1. The number of anilines is 1. The summed E-state index contributed by atoms with van der Waals surface area (Å²) >= 11 is 1.66. The molecule has 0 aromatic heterocycles. The maximum atomic E-state index is 13.0. The summed E-state index contributed by atoms with van der Waals surface area (Å²) in [6.45, 7) is 4.39. The third-order valence-electron chi connectivity index (χ3n) is 6.31. The molecule has 1 N–H and O–H groups in total. The highest BCUT2D eigenvalue weighted by molar-refractivity contribution is 7.98. The van der Waals surface area contributed by atoms with Crippen LogP contribution in [0.5, 0.6) is 0 Å². The van der Waals surface area contributed by atoms with Crippen molar-refractivity contribution in [1.29, 1.82) is 0 Å². The molecule has 3 aliphatic heterocycles. The summed E-state index contributed by atoms with van der Waals surface area (Å²) in [6.07, 6.45) is 5.78. The van der Waals surface area contributed by atoms with Crippen LogP contribution in [0.2, 0.25) is 0 Å². The maximum Gasteiger partial charge on any atom is 0.228 e. The molecular weight excluding hydrogens is 346 g/mol. The molecule has 1 aromatic rings. The number of benzene rings is 1. The highest BCUT2D eigenvalue weighted by Crippen LogP contribution is 2.38. The molecule has 3 aliphatic rings. The largest absolute Gasteiger partial charge is 0.342 e. The first-order valence-electron chi connectivity index (χ1n) is 9.54. The molecule has 2 amide bonds. The van der Waals surface area contributed by atoms with Gasteiger partial charge in [0.1, 0.15) is 0 Å². The molecule has 5 nitrogen and oxygen atoms in total. The number of hydrogen-bond donors (Lipinski definition) is 1. The molecule has 6 heteroatoms. The van der Waals surface area contributed by atoms with E-state index in [9.17, 15) is 9.59 Å². The zero-order valence-electron chi connectivity index (χ0n) is 15.4. The lowest BCUT2D eigenvalue weighted by molar-refractivity contribution is -0.137. The maximum absolute atomic E-state index is 13.0. The molecular formula is C20H27N3O2S. The van der Waals surface area contributed by atoms with E-state index in [2.05, 4.69) is 5.32 Å². The van der Waals surface area contributed by atoms with E-state index in [4.69, 9.17) is 0 Å². The Morgan fingerprint density at radius 2 is 2.08 bits per heavy atom. The summed E-state index contributed by atoms with van der Waals surface area (Å²) < 4.78 is 0. The number of rotatable bonds is 3. The predicted octanol–water partition coefficient (Wildman–Crippen LogP) is 2.36. The van der Waals surface area contributed by atoms with E-state index >= 15 is 0 Å². The fraction of sp³-hybridized carbons (Fsp3) is 0.600. The number of likely N-dealkylation sites (tertiary alicyclic amines) is 1. The van der Waals surface area contributed by atoms with E-state index in [0.717, 1.165) is 49.6 Å². The van der Waals surface area contributed by atoms with Crippen molar-refractivity contribution in [2.24, 2.45) is 11.3 Å². The van der Waals surface area contributed by atoms with Gasteiger partial charge in [-0.25, -0.2) is 0 Å². The first-order chi connectivity index (χ1) is 12.6. The Morgan fingerprint density at radius 1 is 1.27 bits per heavy atom. The van der Waals surface area contributed by atoms with Crippen molar-refractivity contribution < 1.29 is 9.59 Å². The Kier molecular flexibility index (Phi) is 4.97. The van der Waals surface area contributed by atoms with Gasteiger partial charge in [0.15, 0.2) is 0 Å². The predicted molar refractivity (Wildman–Crippen MR) is 104 cm³/mol. The Hall–Kier alpha value is -1.53. The quantitative estimate of drug-likeness (QED) is 0.827. The van der Waals surface area contributed by atoms with Crippen LogP contribution in [0, 0.1) is 11.3 Å². The molecule has 26 heavy (non-hydrogen) atoms. The SMILES string of the molecule is CSc1cccc(N2CC(C(=O)N3CCC4(CCNC4)CC3)CC2=O)c1. The highest BCUT2D eigenvalue weighted by atomic mass is 32.2. The molecule has 140 valence electrons. The zero-order valence-corrected chi connectivity index (χ0v) is 16.2. The number of nitrogens with one attached hydrogen (secondary N) is 1. The van der Waals surface area contributed by atoms with Crippen LogP contribution < -0.4 is 10.2 Å². The minimum atomic E-state index is -0.198. The van der Waals surface area contributed by atoms with Gasteiger partial charge in [-0.3, -0.25) is 9.59 Å². The van der Waals surface area contributed by atoms with Crippen molar-refractivity contribution in [2.45, 2.75) is 30.6 Å². The van der Waals surface area contributed by atoms with E-state index in [0.29, 0.717) is 18.4 Å². The third-order valence-corrected chi connectivity index (χ3v) is 7.03. The Balaban J connectivity index is 1.39. The number of carbonyl (C=O) groups is 2. The molecule has 4 rings (SSSR count). The Morgan fingerprint density at radius 3 is 2.77 bits per heavy atom. The van der Waals surface area contributed by atoms with Crippen LogP contribution in [0.25, 0.3) is 0 Å². The number of amides is 2. The smallest absolute Gasteiger partial charge is 0.228 e. The number of piperidine rings is 1. The van der Waals surface area contributed by atoms with Crippen molar-refractivity contribution in [3.05, 3.63) is 24.3 Å². The van der Waals surface area contributed by atoms with Gasteiger partial charge in [0.25, 0.3) is 0 Å². The topological polar surface area (TPSA) is 52.7 Å². The van der Waals surface area contributed by atoms with Gasteiger partial charge in [0.2, 0.25) is 11.8 Å². The van der Waals surface area contributed by atoms with Crippen molar-refractivity contribution in [1.82, 2.24) is 10.2 Å². The monoisotopic (exact) mass is 373 g/mol. The molecule has 1 spiro atoms. The molecule has 1 atom stereocenters. The Labute approximate surface area is 159 Å². The van der Waals surface area contributed by atoms with Crippen LogP contribution >= 0.6 is 11.8 Å². The lowest BCUT2D eigenvalue weighted by atomic mass is 9.77.